The van der Waals surface area contributed by atoms with Gasteiger partial charge in [0, 0.05) is 21.4 Å². The van der Waals surface area contributed by atoms with Crippen LogP contribution in [0.25, 0.3) is 11.1 Å². The molecule has 0 unspecified atom stereocenters. The van der Waals surface area contributed by atoms with Crippen LogP contribution in [0.15, 0.2) is 48.5 Å². The number of benzene rings is 2. The number of methoxy groups -OCH3 is 1. The summed E-state index contributed by atoms with van der Waals surface area (Å²) in [5.74, 6) is 0.268. The second-order valence-corrected chi connectivity index (χ2v) is 9.75. The van der Waals surface area contributed by atoms with E-state index in [0.717, 1.165) is 40.2 Å². The Morgan fingerprint density at radius 1 is 1.12 bits per heavy atom. The Morgan fingerprint density at radius 3 is 2.45 bits per heavy atom. The molecule has 0 bridgehead atoms. The molecule has 5 nitrogen and oxygen atoms in total. The standard InChI is InChI=1S/C26H26ClNO4S/c1-4-13-32-26(30)23-22(17-7-11-19(31-3)12-8-17)15(2)33-25(23)28-24(29)21-14-20(21)16-5-9-18(27)10-6-16/h5-12,20-21H,4,13-14H2,1-3H3,(H,28,29)/t20-,21-/m1/s1. The lowest BCUT2D eigenvalue weighted by atomic mass is 10.0. The van der Waals surface area contributed by atoms with E-state index in [1.807, 2.05) is 62.4 Å². The molecule has 1 fully saturated rings. The van der Waals surface area contributed by atoms with E-state index in [4.69, 9.17) is 21.1 Å². The molecule has 0 aliphatic heterocycles. The molecule has 172 valence electrons. The second-order valence-electron chi connectivity index (χ2n) is 8.09. The Balaban J connectivity index is 1.61. The molecule has 1 N–H and O–H groups in total. The van der Waals surface area contributed by atoms with Crippen LogP contribution in [-0.4, -0.2) is 25.6 Å². The SMILES string of the molecule is CCCOC(=O)c1c(NC(=O)[C@@H]2C[C@@H]2c2ccc(Cl)cc2)sc(C)c1-c1ccc(OC)cc1. The van der Waals surface area contributed by atoms with Gasteiger partial charge in [-0.3, -0.25) is 4.79 Å². The zero-order valence-electron chi connectivity index (χ0n) is 18.8. The molecule has 2 aromatic carbocycles. The fourth-order valence-electron chi connectivity index (χ4n) is 3.97. The Hall–Kier alpha value is -2.83. The molecular weight excluding hydrogens is 458 g/mol. The van der Waals surface area contributed by atoms with Crippen molar-refractivity contribution in [2.75, 3.05) is 19.0 Å². The predicted molar refractivity (Wildman–Crippen MR) is 133 cm³/mol. The minimum atomic E-state index is -0.424. The summed E-state index contributed by atoms with van der Waals surface area (Å²) in [6.45, 7) is 4.22. The Kier molecular flexibility index (Phi) is 7.05. The van der Waals surface area contributed by atoms with Crippen LogP contribution in [0.3, 0.4) is 0 Å². The van der Waals surface area contributed by atoms with Crippen molar-refractivity contribution < 1.29 is 19.1 Å². The first-order chi connectivity index (χ1) is 15.9. The van der Waals surface area contributed by atoms with Gasteiger partial charge in [0.2, 0.25) is 5.91 Å². The van der Waals surface area contributed by atoms with Gasteiger partial charge in [0.15, 0.2) is 0 Å². The summed E-state index contributed by atoms with van der Waals surface area (Å²) >= 11 is 7.38. The van der Waals surface area contributed by atoms with E-state index in [-0.39, 0.29) is 17.7 Å². The van der Waals surface area contributed by atoms with Gasteiger partial charge in [-0.25, -0.2) is 4.79 Å². The first kappa shape index (κ1) is 23.3. The lowest BCUT2D eigenvalue weighted by Crippen LogP contribution is -2.17. The highest BCUT2D eigenvalue weighted by Gasteiger charge is 2.44. The molecular formula is C26H26ClNO4S. The summed E-state index contributed by atoms with van der Waals surface area (Å²) in [7, 11) is 1.61. The largest absolute Gasteiger partial charge is 0.497 e. The third kappa shape index (κ3) is 5.07. The monoisotopic (exact) mass is 483 g/mol. The Morgan fingerprint density at radius 2 is 1.82 bits per heavy atom. The fourth-order valence-corrected chi connectivity index (χ4v) is 5.16. The summed E-state index contributed by atoms with van der Waals surface area (Å²) in [6.07, 6.45) is 1.50. The van der Waals surface area contributed by atoms with Gasteiger partial charge in [0.05, 0.1) is 13.7 Å². The summed E-state index contributed by atoms with van der Waals surface area (Å²) in [5, 5.41) is 4.23. The van der Waals surface area contributed by atoms with Gasteiger partial charge in [-0.1, -0.05) is 42.8 Å². The van der Waals surface area contributed by atoms with E-state index in [0.29, 0.717) is 22.2 Å². The van der Waals surface area contributed by atoms with Crippen molar-refractivity contribution in [3.63, 3.8) is 0 Å². The molecule has 1 aromatic heterocycles. The normalized spacial score (nSPS) is 16.8. The molecule has 1 aliphatic carbocycles. The number of hydrogen-bond acceptors (Lipinski definition) is 5. The number of thiophene rings is 1. The molecule has 1 aliphatic rings. The molecule has 1 saturated carbocycles. The summed E-state index contributed by atoms with van der Waals surface area (Å²) in [6, 6.07) is 15.1. The zero-order chi connectivity index (χ0) is 23.5. The third-order valence-electron chi connectivity index (χ3n) is 5.77. The molecule has 4 rings (SSSR count). The van der Waals surface area contributed by atoms with Crippen LogP contribution in [0, 0.1) is 12.8 Å². The number of carbonyl (C=O) groups is 2. The summed E-state index contributed by atoms with van der Waals surface area (Å²) in [4.78, 5) is 27.0. The van der Waals surface area contributed by atoms with Gasteiger partial charge in [-0.2, -0.15) is 0 Å². The van der Waals surface area contributed by atoms with E-state index in [1.165, 1.54) is 11.3 Å². The van der Waals surface area contributed by atoms with E-state index >= 15 is 0 Å². The fraction of sp³-hybridized carbons (Fsp3) is 0.308. The van der Waals surface area contributed by atoms with E-state index in [9.17, 15) is 9.59 Å². The Bertz CT molecular complexity index is 1150. The molecule has 7 heteroatoms. The van der Waals surface area contributed by atoms with Gasteiger partial charge in [-0.15, -0.1) is 11.3 Å². The minimum absolute atomic E-state index is 0.0815. The number of nitrogens with one attached hydrogen (secondary N) is 1. The first-order valence-corrected chi connectivity index (χ1v) is 12.1. The van der Waals surface area contributed by atoms with Gasteiger partial charge < -0.3 is 14.8 Å². The van der Waals surface area contributed by atoms with E-state index < -0.39 is 5.97 Å². The number of rotatable bonds is 8. The van der Waals surface area contributed by atoms with Crippen LogP contribution in [0.2, 0.25) is 5.02 Å². The van der Waals surface area contributed by atoms with Crippen LogP contribution in [0.4, 0.5) is 5.00 Å². The molecule has 1 amide bonds. The number of aryl methyl sites for hydroxylation is 1. The molecule has 0 radical (unpaired) electrons. The van der Waals surface area contributed by atoms with Gasteiger partial charge >= 0.3 is 5.97 Å². The maximum absolute atomic E-state index is 13.1. The van der Waals surface area contributed by atoms with Crippen LogP contribution in [0.5, 0.6) is 5.75 Å². The lowest BCUT2D eigenvalue weighted by Gasteiger charge is -2.10. The molecule has 0 saturated heterocycles. The number of esters is 1. The number of amides is 1. The number of carbonyl (C=O) groups excluding carboxylic acids is 2. The highest BCUT2D eigenvalue weighted by Crippen LogP contribution is 2.49. The number of hydrogen-bond donors (Lipinski definition) is 1. The van der Waals surface area contributed by atoms with Crippen LogP contribution >= 0.6 is 22.9 Å². The third-order valence-corrected chi connectivity index (χ3v) is 7.04. The maximum Gasteiger partial charge on any atom is 0.341 e. The second kappa shape index (κ2) is 9.98. The average molecular weight is 484 g/mol. The average Bonchev–Trinajstić information content (AvgIpc) is 3.55. The van der Waals surface area contributed by atoms with Gasteiger partial charge in [0.25, 0.3) is 0 Å². The summed E-state index contributed by atoms with van der Waals surface area (Å²) in [5.41, 5.74) is 3.17. The predicted octanol–water partition coefficient (Wildman–Crippen LogP) is 6.69. The van der Waals surface area contributed by atoms with Crippen molar-refractivity contribution in [1.29, 1.82) is 0 Å². The van der Waals surface area contributed by atoms with Crippen molar-refractivity contribution in [2.45, 2.75) is 32.6 Å². The first-order valence-electron chi connectivity index (χ1n) is 10.9. The smallest absolute Gasteiger partial charge is 0.341 e. The number of halogens is 1. The van der Waals surface area contributed by atoms with Crippen molar-refractivity contribution >= 4 is 39.8 Å². The molecule has 2 atom stereocenters. The highest BCUT2D eigenvalue weighted by atomic mass is 35.5. The molecule has 1 heterocycles. The number of ether oxygens (including phenoxy) is 2. The Labute approximate surface area is 202 Å². The topological polar surface area (TPSA) is 64.6 Å². The summed E-state index contributed by atoms with van der Waals surface area (Å²) < 4.78 is 10.7. The van der Waals surface area contributed by atoms with Gasteiger partial charge in [-0.05, 0) is 61.1 Å². The van der Waals surface area contributed by atoms with Crippen molar-refractivity contribution in [3.05, 3.63) is 69.6 Å². The zero-order valence-corrected chi connectivity index (χ0v) is 20.4. The van der Waals surface area contributed by atoms with E-state index in [2.05, 4.69) is 5.32 Å². The van der Waals surface area contributed by atoms with E-state index in [1.54, 1.807) is 7.11 Å². The van der Waals surface area contributed by atoms with Crippen LogP contribution in [-0.2, 0) is 9.53 Å². The molecule has 0 spiro atoms. The maximum atomic E-state index is 13.1. The van der Waals surface area contributed by atoms with Crippen LogP contribution < -0.4 is 10.1 Å². The quantitative estimate of drug-likeness (QED) is 0.362. The number of anilines is 1. The molecule has 33 heavy (non-hydrogen) atoms. The van der Waals surface area contributed by atoms with Crippen molar-refractivity contribution in [3.8, 4) is 16.9 Å². The van der Waals surface area contributed by atoms with Crippen molar-refractivity contribution in [1.82, 2.24) is 0 Å². The van der Waals surface area contributed by atoms with Crippen molar-refractivity contribution in [2.24, 2.45) is 5.92 Å². The highest BCUT2D eigenvalue weighted by molar-refractivity contribution is 7.17. The van der Waals surface area contributed by atoms with Gasteiger partial charge in [0.1, 0.15) is 16.3 Å². The minimum Gasteiger partial charge on any atom is -0.497 e. The lowest BCUT2D eigenvalue weighted by molar-refractivity contribution is -0.117. The van der Waals surface area contributed by atoms with Crippen LogP contribution in [0.1, 0.15) is 46.5 Å². The molecule has 3 aromatic rings.